The molecule has 1 atom stereocenters. The second-order valence-electron chi connectivity index (χ2n) is 4.50. The van der Waals surface area contributed by atoms with Crippen molar-refractivity contribution in [3.8, 4) is 11.6 Å². The average molecular weight is 266 g/mol. The van der Waals surface area contributed by atoms with E-state index in [0.717, 1.165) is 19.3 Å². The van der Waals surface area contributed by atoms with Gasteiger partial charge in [0.25, 0.3) is 5.88 Å². The predicted molar refractivity (Wildman–Crippen MR) is 67.9 cm³/mol. The first kappa shape index (κ1) is 13.5. The zero-order valence-corrected chi connectivity index (χ0v) is 11.2. The number of pyridine rings is 1. The molecule has 6 heteroatoms. The van der Waals surface area contributed by atoms with E-state index < -0.39 is 6.09 Å². The van der Waals surface area contributed by atoms with Crippen molar-refractivity contribution in [2.45, 2.75) is 32.2 Å². The number of hydrogen-bond acceptors (Lipinski definition) is 5. The maximum absolute atomic E-state index is 11.9. The van der Waals surface area contributed by atoms with Gasteiger partial charge in [0.15, 0.2) is 0 Å². The predicted octanol–water partition coefficient (Wildman–Crippen LogP) is 2.40. The molecule has 0 aliphatic carbocycles. The quantitative estimate of drug-likeness (QED) is 0.621. The molecule has 0 spiro atoms. The van der Waals surface area contributed by atoms with Gasteiger partial charge in [-0.25, -0.2) is 14.7 Å². The molecule has 1 unspecified atom stereocenters. The van der Waals surface area contributed by atoms with E-state index in [2.05, 4.69) is 4.98 Å². The van der Waals surface area contributed by atoms with Crippen LogP contribution in [0.1, 0.15) is 26.2 Å². The fourth-order valence-corrected chi connectivity index (χ4v) is 2.06. The highest BCUT2D eigenvalue weighted by Gasteiger charge is 2.25. The lowest BCUT2D eigenvalue weighted by Crippen LogP contribution is -2.42. The average Bonchev–Trinajstić information content (AvgIpc) is 2.45. The van der Waals surface area contributed by atoms with Crippen LogP contribution >= 0.6 is 0 Å². The third kappa shape index (κ3) is 3.49. The Morgan fingerprint density at radius 1 is 1.47 bits per heavy atom. The van der Waals surface area contributed by atoms with Crippen molar-refractivity contribution in [2.75, 3.05) is 13.7 Å². The molecule has 1 aromatic rings. The minimum Gasteiger partial charge on any atom is -0.496 e. The molecule has 1 saturated heterocycles. The molecular formula is C13H18N2O4. The monoisotopic (exact) mass is 266 g/mol. The first-order chi connectivity index (χ1) is 9.20. The third-order valence-corrected chi connectivity index (χ3v) is 3.18. The largest absolute Gasteiger partial charge is 0.496 e. The standard InChI is InChI=1S/C13H18N2O4/c1-10-5-3-4-8-15(10)13(16)19-18-12-9-11(17-2)6-7-14-12/h6-7,9-10H,3-5,8H2,1-2H3. The van der Waals surface area contributed by atoms with Crippen LogP contribution in [0.5, 0.6) is 11.6 Å². The van der Waals surface area contributed by atoms with Gasteiger partial charge < -0.3 is 9.64 Å². The number of carbonyl (C=O) groups is 1. The molecule has 2 heterocycles. The first-order valence-corrected chi connectivity index (χ1v) is 6.36. The van der Waals surface area contributed by atoms with Crippen molar-refractivity contribution in [3.63, 3.8) is 0 Å². The van der Waals surface area contributed by atoms with Crippen molar-refractivity contribution in [1.82, 2.24) is 9.88 Å². The van der Waals surface area contributed by atoms with E-state index in [1.807, 2.05) is 6.92 Å². The smallest absolute Gasteiger partial charge is 0.453 e. The highest BCUT2D eigenvalue weighted by molar-refractivity contribution is 5.67. The van der Waals surface area contributed by atoms with Gasteiger partial charge in [-0.3, -0.25) is 4.89 Å². The van der Waals surface area contributed by atoms with Crippen LogP contribution in [0.15, 0.2) is 18.3 Å². The molecule has 104 valence electrons. The molecule has 2 rings (SSSR count). The van der Waals surface area contributed by atoms with Crippen LogP contribution in [-0.4, -0.2) is 35.7 Å². The SMILES string of the molecule is COc1ccnc(OOC(=O)N2CCCCC2C)c1. The number of amides is 1. The Bertz CT molecular complexity index is 438. The fraction of sp³-hybridized carbons (Fsp3) is 0.538. The van der Waals surface area contributed by atoms with Crippen LogP contribution in [0.3, 0.4) is 0 Å². The number of methoxy groups -OCH3 is 1. The van der Waals surface area contributed by atoms with Crippen molar-refractivity contribution < 1.29 is 19.3 Å². The molecular weight excluding hydrogens is 248 g/mol. The lowest BCUT2D eigenvalue weighted by Gasteiger charge is -2.31. The number of piperidine rings is 1. The summed E-state index contributed by atoms with van der Waals surface area (Å²) in [7, 11) is 1.54. The van der Waals surface area contributed by atoms with Gasteiger partial charge in [-0.15, -0.1) is 0 Å². The summed E-state index contributed by atoms with van der Waals surface area (Å²) in [6.07, 6.45) is 4.18. The van der Waals surface area contributed by atoms with Crippen LogP contribution in [-0.2, 0) is 4.89 Å². The Balaban J connectivity index is 1.88. The Hall–Kier alpha value is -1.98. The second kappa shape index (κ2) is 6.26. The molecule has 0 radical (unpaired) electrons. The summed E-state index contributed by atoms with van der Waals surface area (Å²) < 4.78 is 5.02. The molecule has 1 aliphatic rings. The van der Waals surface area contributed by atoms with Gasteiger partial charge in [0, 0.05) is 24.8 Å². The zero-order valence-electron chi connectivity index (χ0n) is 11.2. The summed E-state index contributed by atoms with van der Waals surface area (Å²) in [6.45, 7) is 2.71. The molecule has 0 bridgehead atoms. The summed E-state index contributed by atoms with van der Waals surface area (Å²) in [6, 6.07) is 3.41. The zero-order chi connectivity index (χ0) is 13.7. The summed E-state index contributed by atoms with van der Waals surface area (Å²) in [5.74, 6) is 0.782. The molecule has 1 aliphatic heterocycles. The number of hydrogen-bond donors (Lipinski definition) is 0. The first-order valence-electron chi connectivity index (χ1n) is 6.36. The lowest BCUT2D eigenvalue weighted by molar-refractivity contribution is -0.160. The Morgan fingerprint density at radius 3 is 3.05 bits per heavy atom. The lowest BCUT2D eigenvalue weighted by atomic mass is 10.0. The van der Waals surface area contributed by atoms with Crippen molar-refractivity contribution >= 4 is 6.09 Å². The van der Waals surface area contributed by atoms with Gasteiger partial charge in [0.1, 0.15) is 5.75 Å². The number of nitrogens with zero attached hydrogens (tertiary/aromatic N) is 2. The number of likely N-dealkylation sites (tertiary alicyclic amines) is 1. The van der Waals surface area contributed by atoms with E-state index in [1.165, 1.54) is 6.20 Å². The van der Waals surface area contributed by atoms with E-state index in [-0.39, 0.29) is 11.9 Å². The molecule has 1 amide bonds. The van der Waals surface area contributed by atoms with Gasteiger partial charge in [-0.1, -0.05) is 0 Å². The highest BCUT2D eigenvalue weighted by Crippen LogP contribution is 2.19. The minimum absolute atomic E-state index is 0.183. The van der Waals surface area contributed by atoms with Crippen molar-refractivity contribution in [2.24, 2.45) is 0 Å². The maximum Gasteiger partial charge on any atom is 0.453 e. The normalized spacial score (nSPS) is 18.8. The van der Waals surface area contributed by atoms with Gasteiger partial charge >= 0.3 is 6.09 Å². The topological polar surface area (TPSA) is 60.9 Å². The van der Waals surface area contributed by atoms with Crippen LogP contribution in [0, 0.1) is 0 Å². The number of aromatic nitrogens is 1. The van der Waals surface area contributed by atoms with E-state index in [1.54, 1.807) is 24.1 Å². The maximum atomic E-state index is 11.9. The number of carbonyl (C=O) groups excluding carboxylic acids is 1. The van der Waals surface area contributed by atoms with Crippen LogP contribution in [0.25, 0.3) is 0 Å². The number of rotatable bonds is 3. The molecule has 0 aromatic carbocycles. The summed E-state index contributed by atoms with van der Waals surface area (Å²) in [4.78, 5) is 27.2. The minimum atomic E-state index is -0.475. The Labute approximate surface area is 112 Å². The summed E-state index contributed by atoms with van der Waals surface area (Å²) in [5.41, 5.74) is 0. The molecule has 1 aromatic heterocycles. The van der Waals surface area contributed by atoms with E-state index in [4.69, 9.17) is 14.5 Å². The summed E-state index contributed by atoms with van der Waals surface area (Å²) in [5, 5.41) is 0. The summed E-state index contributed by atoms with van der Waals surface area (Å²) >= 11 is 0. The molecule has 1 fully saturated rings. The molecule has 0 saturated carbocycles. The molecule has 0 N–H and O–H groups in total. The van der Waals surface area contributed by atoms with Crippen LogP contribution < -0.4 is 9.62 Å². The molecule has 19 heavy (non-hydrogen) atoms. The molecule has 6 nitrogen and oxygen atoms in total. The Kier molecular flexibility index (Phi) is 4.43. The third-order valence-electron chi connectivity index (χ3n) is 3.18. The Morgan fingerprint density at radius 2 is 2.32 bits per heavy atom. The van der Waals surface area contributed by atoms with Crippen molar-refractivity contribution in [3.05, 3.63) is 18.3 Å². The van der Waals surface area contributed by atoms with Crippen molar-refractivity contribution in [1.29, 1.82) is 0 Å². The van der Waals surface area contributed by atoms with Gasteiger partial charge in [0.2, 0.25) is 0 Å². The highest BCUT2D eigenvalue weighted by atomic mass is 17.2. The van der Waals surface area contributed by atoms with Gasteiger partial charge in [0.05, 0.1) is 7.11 Å². The van der Waals surface area contributed by atoms with Gasteiger partial charge in [-0.2, -0.15) is 0 Å². The van der Waals surface area contributed by atoms with E-state index in [9.17, 15) is 4.79 Å². The second-order valence-corrected chi connectivity index (χ2v) is 4.50. The van der Waals surface area contributed by atoms with E-state index in [0.29, 0.717) is 12.3 Å². The number of ether oxygens (including phenoxy) is 1. The fourth-order valence-electron chi connectivity index (χ4n) is 2.06. The van der Waals surface area contributed by atoms with Crippen LogP contribution in [0.2, 0.25) is 0 Å². The van der Waals surface area contributed by atoms with Gasteiger partial charge in [-0.05, 0) is 32.3 Å². The van der Waals surface area contributed by atoms with Crippen LogP contribution in [0.4, 0.5) is 4.79 Å². The van der Waals surface area contributed by atoms with E-state index >= 15 is 0 Å².